The van der Waals surface area contributed by atoms with Gasteiger partial charge in [-0.3, -0.25) is 0 Å². The molecule has 0 amide bonds. The van der Waals surface area contributed by atoms with Gasteiger partial charge in [0.1, 0.15) is 0 Å². The topological polar surface area (TPSA) is 45.0 Å². The van der Waals surface area contributed by atoms with E-state index < -0.39 is 0 Å². The summed E-state index contributed by atoms with van der Waals surface area (Å²) >= 11 is 0. The summed E-state index contributed by atoms with van der Waals surface area (Å²) in [6.45, 7) is 2.14. The van der Waals surface area contributed by atoms with Crippen molar-refractivity contribution in [3.8, 4) is 6.07 Å². The van der Waals surface area contributed by atoms with E-state index in [0.29, 0.717) is 12.1 Å². The molecular formula is C15H20N2O. The highest BCUT2D eigenvalue weighted by Gasteiger charge is 2.28. The van der Waals surface area contributed by atoms with E-state index in [1.807, 2.05) is 18.2 Å². The van der Waals surface area contributed by atoms with Gasteiger partial charge in [0.25, 0.3) is 0 Å². The minimum atomic E-state index is 0.249. The van der Waals surface area contributed by atoms with E-state index in [4.69, 9.17) is 10.00 Å². The lowest BCUT2D eigenvalue weighted by Gasteiger charge is -2.24. The van der Waals surface area contributed by atoms with Crippen LogP contribution >= 0.6 is 0 Å². The number of hydrogen-bond donors (Lipinski definition) is 1. The number of nitrogens with zero attached hydrogens (tertiary/aromatic N) is 1. The molecule has 3 nitrogen and oxygen atoms in total. The van der Waals surface area contributed by atoms with Crippen LogP contribution in [0.1, 0.15) is 43.4 Å². The van der Waals surface area contributed by atoms with Crippen molar-refractivity contribution in [2.75, 3.05) is 7.11 Å². The monoisotopic (exact) mass is 244 g/mol. The Morgan fingerprint density at radius 3 is 3.00 bits per heavy atom. The Morgan fingerprint density at radius 1 is 1.44 bits per heavy atom. The van der Waals surface area contributed by atoms with E-state index in [9.17, 15) is 0 Å². The Kier molecular flexibility index (Phi) is 4.35. The van der Waals surface area contributed by atoms with Crippen LogP contribution in [0.4, 0.5) is 0 Å². The van der Waals surface area contributed by atoms with E-state index in [1.165, 1.54) is 12.8 Å². The van der Waals surface area contributed by atoms with Crippen LogP contribution in [-0.2, 0) is 4.74 Å². The molecule has 0 spiro atoms. The SMILES string of the molecule is COC1CCCC1NC(C)c1cccc(C#N)c1. The molecule has 0 aromatic heterocycles. The van der Waals surface area contributed by atoms with Crippen molar-refractivity contribution in [2.24, 2.45) is 0 Å². The first-order valence-electron chi connectivity index (χ1n) is 6.53. The Balaban J connectivity index is 2.03. The van der Waals surface area contributed by atoms with Gasteiger partial charge in [0.15, 0.2) is 0 Å². The Bertz CT molecular complexity index is 438. The normalized spacial score (nSPS) is 24.7. The molecule has 0 heterocycles. The highest BCUT2D eigenvalue weighted by Crippen LogP contribution is 2.24. The molecule has 1 fully saturated rings. The van der Waals surface area contributed by atoms with Gasteiger partial charge in [-0.15, -0.1) is 0 Å². The molecule has 0 radical (unpaired) electrons. The predicted molar refractivity (Wildman–Crippen MR) is 71.1 cm³/mol. The molecule has 3 atom stereocenters. The lowest BCUT2D eigenvalue weighted by molar-refractivity contribution is 0.0820. The number of nitriles is 1. The standard InChI is InChI=1S/C15H20N2O/c1-11(13-6-3-5-12(9-13)10-16)17-14-7-4-8-15(14)18-2/h3,5-6,9,11,14-15,17H,4,7-8H2,1-2H3. The quantitative estimate of drug-likeness (QED) is 0.885. The molecule has 3 unspecified atom stereocenters. The molecule has 18 heavy (non-hydrogen) atoms. The number of ether oxygens (including phenoxy) is 1. The average Bonchev–Trinajstić information content (AvgIpc) is 2.86. The first-order chi connectivity index (χ1) is 8.74. The molecule has 1 saturated carbocycles. The zero-order valence-corrected chi connectivity index (χ0v) is 11.0. The molecule has 1 N–H and O–H groups in total. The van der Waals surface area contributed by atoms with E-state index in [1.54, 1.807) is 7.11 Å². The molecule has 1 aliphatic carbocycles. The van der Waals surface area contributed by atoms with Gasteiger partial charge in [-0.2, -0.15) is 5.26 Å². The van der Waals surface area contributed by atoms with Crippen molar-refractivity contribution in [2.45, 2.75) is 44.4 Å². The second-order valence-corrected chi connectivity index (χ2v) is 4.94. The number of rotatable bonds is 4. The molecule has 0 saturated heterocycles. The van der Waals surface area contributed by atoms with E-state index in [-0.39, 0.29) is 6.04 Å². The number of methoxy groups -OCH3 is 1. The van der Waals surface area contributed by atoms with Crippen LogP contribution in [0.3, 0.4) is 0 Å². The molecule has 1 aromatic carbocycles. The molecular weight excluding hydrogens is 224 g/mol. The third kappa shape index (κ3) is 2.90. The van der Waals surface area contributed by atoms with E-state index in [0.717, 1.165) is 17.5 Å². The van der Waals surface area contributed by atoms with Gasteiger partial charge in [-0.1, -0.05) is 12.1 Å². The van der Waals surface area contributed by atoms with Gasteiger partial charge in [-0.25, -0.2) is 0 Å². The van der Waals surface area contributed by atoms with Gasteiger partial charge in [0.2, 0.25) is 0 Å². The van der Waals surface area contributed by atoms with Gasteiger partial charge >= 0.3 is 0 Å². The van der Waals surface area contributed by atoms with Crippen LogP contribution in [0.5, 0.6) is 0 Å². The van der Waals surface area contributed by atoms with Gasteiger partial charge in [0.05, 0.1) is 17.7 Å². The maximum Gasteiger partial charge on any atom is 0.0991 e. The van der Waals surface area contributed by atoms with E-state index >= 15 is 0 Å². The maximum absolute atomic E-state index is 8.92. The fourth-order valence-corrected chi connectivity index (χ4v) is 2.69. The summed E-state index contributed by atoms with van der Waals surface area (Å²) in [5.41, 5.74) is 1.88. The second kappa shape index (κ2) is 5.99. The zero-order chi connectivity index (χ0) is 13.0. The molecule has 2 rings (SSSR count). The van der Waals surface area contributed by atoms with Crippen molar-refractivity contribution in [3.05, 3.63) is 35.4 Å². The summed E-state index contributed by atoms with van der Waals surface area (Å²) in [4.78, 5) is 0. The smallest absolute Gasteiger partial charge is 0.0991 e. The zero-order valence-electron chi connectivity index (χ0n) is 11.0. The molecule has 0 bridgehead atoms. The van der Waals surface area contributed by atoms with Crippen LogP contribution in [-0.4, -0.2) is 19.3 Å². The maximum atomic E-state index is 8.92. The van der Waals surface area contributed by atoms with Crippen molar-refractivity contribution in [1.82, 2.24) is 5.32 Å². The summed E-state index contributed by atoms with van der Waals surface area (Å²) < 4.78 is 5.49. The highest BCUT2D eigenvalue weighted by molar-refractivity contribution is 5.34. The third-order valence-corrected chi connectivity index (χ3v) is 3.74. The minimum Gasteiger partial charge on any atom is -0.380 e. The number of hydrogen-bond acceptors (Lipinski definition) is 3. The first kappa shape index (κ1) is 13.1. The summed E-state index contributed by atoms with van der Waals surface area (Å²) in [5, 5.41) is 12.5. The first-order valence-corrected chi connectivity index (χ1v) is 6.53. The highest BCUT2D eigenvalue weighted by atomic mass is 16.5. The second-order valence-electron chi connectivity index (χ2n) is 4.94. The largest absolute Gasteiger partial charge is 0.380 e. The molecule has 1 aromatic rings. The lowest BCUT2D eigenvalue weighted by atomic mass is 10.0. The Hall–Kier alpha value is -1.37. The van der Waals surface area contributed by atoms with Gasteiger partial charge in [0, 0.05) is 19.2 Å². The molecule has 1 aliphatic rings. The Labute approximate surface area is 109 Å². The Morgan fingerprint density at radius 2 is 2.28 bits per heavy atom. The van der Waals surface area contributed by atoms with Crippen molar-refractivity contribution < 1.29 is 4.74 Å². The number of benzene rings is 1. The van der Waals surface area contributed by atoms with Gasteiger partial charge in [-0.05, 0) is 43.9 Å². The average molecular weight is 244 g/mol. The minimum absolute atomic E-state index is 0.249. The summed E-state index contributed by atoms with van der Waals surface area (Å²) in [7, 11) is 1.78. The third-order valence-electron chi connectivity index (χ3n) is 3.74. The molecule has 0 aliphatic heterocycles. The van der Waals surface area contributed by atoms with Crippen LogP contribution < -0.4 is 5.32 Å². The van der Waals surface area contributed by atoms with Crippen molar-refractivity contribution >= 4 is 0 Å². The summed E-state index contributed by atoms with van der Waals surface area (Å²) in [6, 6.07) is 10.7. The van der Waals surface area contributed by atoms with Crippen molar-refractivity contribution in [3.63, 3.8) is 0 Å². The van der Waals surface area contributed by atoms with Crippen LogP contribution in [0.15, 0.2) is 24.3 Å². The fraction of sp³-hybridized carbons (Fsp3) is 0.533. The van der Waals surface area contributed by atoms with Crippen LogP contribution in [0.2, 0.25) is 0 Å². The van der Waals surface area contributed by atoms with Crippen LogP contribution in [0, 0.1) is 11.3 Å². The fourth-order valence-electron chi connectivity index (χ4n) is 2.69. The predicted octanol–water partition coefficient (Wildman–Crippen LogP) is 2.78. The molecule has 3 heteroatoms. The summed E-state index contributed by atoms with van der Waals surface area (Å²) in [5.74, 6) is 0. The van der Waals surface area contributed by atoms with E-state index in [2.05, 4.69) is 24.4 Å². The van der Waals surface area contributed by atoms with Gasteiger partial charge < -0.3 is 10.1 Å². The van der Waals surface area contributed by atoms with Crippen molar-refractivity contribution in [1.29, 1.82) is 5.26 Å². The number of nitrogens with one attached hydrogen (secondary N) is 1. The summed E-state index contributed by atoms with van der Waals surface area (Å²) in [6.07, 6.45) is 3.85. The molecule has 96 valence electrons. The lowest BCUT2D eigenvalue weighted by Crippen LogP contribution is -2.38. The van der Waals surface area contributed by atoms with Crippen LogP contribution in [0.25, 0.3) is 0 Å².